The fourth-order valence-electron chi connectivity index (χ4n) is 2.00. The Kier molecular flexibility index (Phi) is 4.62. The summed E-state index contributed by atoms with van der Waals surface area (Å²) in [5.74, 6) is 0.126. The second-order valence-electron chi connectivity index (χ2n) is 4.59. The Morgan fingerprint density at radius 3 is 2.75 bits per heavy atom. The van der Waals surface area contributed by atoms with Crippen molar-refractivity contribution in [1.82, 2.24) is 9.78 Å². The molecule has 1 heterocycles. The summed E-state index contributed by atoms with van der Waals surface area (Å²) in [6.07, 6.45) is 0.611. The van der Waals surface area contributed by atoms with E-state index in [1.165, 1.54) is 12.1 Å². The van der Waals surface area contributed by atoms with Gasteiger partial charge in [0.05, 0.1) is 16.4 Å². The third-order valence-electron chi connectivity index (χ3n) is 3.00. The third-order valence-corrected chi connectivity index (χ3v) is 3.49. The van der Waals surface area contributed by atoms with Crippen molar-refractivity contribution in [2.24, 2.45) is 12.8 Å². The van der Waals surface area contributed by atoms with Crippen molar-refractivity contribution < 1.29 is 9.13 Å². The van der Waals surface area contributed by atoms with Crippen molar-refractivity contribution in [1.29, 1.82) is 0 Å². The number of hydrogen-bond acceptors (Lipinski definition) is 3. The molecule has 2 N–H and O–H groups in total. The molecule has 0 unspecified atom stereocenters. The highest BCUT2D eigenvalue weighted by molar-refractivity contribution is 6.31. The number of nitrogens with two attached hydrogens (primary N) is 1. The van der Waals surface area contributed by atoms with Gasteiger partial charge in [0.1, 0.15) is 18.2 Å². The summed E-state index contributed by atoms with van der Waals surface area (Å²) in [5.41, 5.74) is 7.79. The number of halogens is 2. The normalized spacial score (nSPS) is 10.8. The average Bonchev–Trinajstić information content (AvgIpc) is 2.61. The van der Waals surface area contributed by atoms with E-state index in [1.54, 1.807) is 17.8 Å². The van der Waals surface area contributed by atoms with Crippen LogP contribution in [-0.2, 0) is 20.1 Å². The molecule has 0 bridgehead atoms. The van der Waals surface area contributed by atoms with Gasteiger partial charge in [-0.15, -0.1) is 0 Å². The maximum Gasteiger partial charge on any atom is 0.131 e. The Hall–Kier alpha value is -1.59. The topological polar surface area (TPSA) is 53.1 Å². The number of aromatic nitrogens is 2. The summed E-state index contributed by atoms with van der Waals surface area (Å²) >= 11 is 6.14. The first-order chi connectivity index (χ1) is 9.51. The Balaban J connectivity index is 2.14. The van der Waals surface area contributed by atoms with Gasteiger partial charge in [0.15, 0.2) is 0 Å². The number of benzene rings is 1. The molecule has 0 amide bonds. The van der Waals surface area contributed by atoms with Gasteiger partial charge < -0.3 is 10.5 Å². The number of hydrogen-bond donors (Lipinski definition) is 1. The van der Waals surface area contributed by atoms with Gasteiger partial charge >= 0.3 is 0 Å². The zero-order chi connectivity index (χ0) is 14.7. The molecule has 1 aromatic carbocycles. The van der Waals surface area contributed by atoms with Crippen molar-refractivity contribution in [3.63, 3.8) is 0 Å². The predicted molar refractivity (Wildman–Crippen MR) is 76.4 cm³/mol. The van der Waals surface area contributed by atoms with E-state index in [0.717, 1.165) is 17.0 Å². The van der Waals surface area contributed by atoms with E-state index in [9.17, 15) is 4.39 Å². The second kappa shape index (κ2) is 6.24. The Bertz CT molecular complexity index is 613. The van der Waals surface area contributed by atoms with Gasteiger partial charge in [-0.25, -0.2) is 4.39 Å². The molecule has 2 rings (SSSR count). The highest BCUT2D eigenvalue weighted by Crippen LogP contribution is 2.23. The van der Waals surface area contributed by atoms with E-state index < -0.39 is 0 Å². The monoisotopic (exact) mass is 297 g/mol. The first kappa shape index (κ1) is 14.8. The van der Waals surface area contributed by atoms with Crippen LogP contribution in [0, 0.1) is 12.7 Å². The van der Waals surface area contributed by atoms with Crippen LogP contribution < -0.4 is 10.5 Å². The lowest BCUT2D eigenvalue weighted by molar-refractivity contribution is 0.293. The van der Waals surface area contributed by atoms with Gasteiger partial charge in [-0.2, -0.15) is 5.10 Å². The van der Waals surface area contributed by atoms with E-state index in [1.807, 2.05) is 6.92 Å². The standard InChI is InChI=1S/C14H17ClFN3O/c1-9-14(15)13(19(2)18-9)8-20-12-6-10(3-4-17)5-11(16)7-12/h5-7H,3-4,8,17H2,1-2H3. The average molecular weight is 298 g/mol. The van der Waals surface area contributed by atoms with E-state index in [-0.39, 0.29) is 12.4 Å². The van der Waals surface area contributed by atoms with Gasteiger partial charge in [0.25, 0.3) is 0 Å². The molecule has 1 aromatic heterocycles. The minimum Gasteiger partial charge on any atom is -0.487 e. The van der Waals surface area contributed by atoms with Crippen LogP contribution in [-0.4, -0.2) is 16.3 Å². The maximum absolute atomic E-state index is 13.5. The molecule has 0 aliphatic heterocycles. The van der Waals surface area contributed by atoms with Crippen molar-refractivity contribution in [2.45, 2.75) is 20.0 Å². The highest BCUT2D eigenvalue weighted by Gasteiger charge is 2.12. The largest absolute Gasteiger partial charge is 0.487 e. The molecule has 0 aliphatic carbocycles. The zero-order valence-electron chi connectivity index (χ0n) is 11.5. The maximum atomic E-state index is 13.5. The number of ether oxygens (including phenoxy) is 1. The van der Waals surface area contributed by atoms with Crippen LogP contribution in [0.25, 0.3) is 0 Å². The second-order valence-corrected chi connectivity index (χ2v) is 4.97. The van der Waals surface area contributed by atoms with Crippen LogP contribution in [0.5, 0.6) is 5.75 Å². The van der Waals surface area contributed by atoms with Crippen molar-refractivity contribution in [2.75, 3.05) is 6.54 Å². The first-order valence-electron chi connectivity index (χ1n) is 6.31. The molecule has 0 atom stereocenters. The fourth-order valence-corrected chi connectivity index (χ4v) is 2.22. The summed E-state index contributed by atoms with van der Waals surface area (Å²) in [6.45, 7) is 2.53. The Labute approximate surface area is 122 Å². The Morgan fingerprint density at radius 2 is 2.15 bits per heavy atom. The van der Waals surface area contributed by atoms with Crippen LogP contribution in [0.4, 0.5) is 4.39 Å². The van der Waals surface area contributed by atoms with E-state index in [4.69, 9.17) is 22.1 Å². The number of aryl methyl sites for hydroxylation is 2. The predicted octanol–water partition coefficient (Wildman–Crippen LogP) is 2.60. The smallest absolute Gasteiger partial charge is 0.131 e. The van der Waals surface area contributed by atoms with Gasteiger partial charge in [-0.05, 0) is 37.6 Å². The third kappa shape index (κ3) is 3.29. The van der Waals surface area contributed by atoms with Crippen molar-refractivity contribution in [3.05, 3.63) is 46.0 Å². The van der Waals surface area contributed by atoms with Crippen LogP contribution >= 0.6 is 11.6 Å². The first-order valence-corrected chi connectivity index (χ1v) is 6.69. The van der Waals surface area contributed by atoms with Crippen molar-refractivity contribution in [3.8, 4) is 5.75 Å². The summed E-state index contributed by atoms with van der Waals surface area (Å²) in [6, 6.07) is 4.59. The molecule has 20 heavy (non-hydrogen) atoms. The minimum atomic E-state index is -0.335. The lowest BCUT2D eigenvalue weighted by atomic mass is 10.1. The minimum absolute atomic E-state index is 0.238. The molecular formula is C14H17ClFN3O. The molecule has 0 spiro atoms. The molecular weight excluding hydrogens is 281 g/mol. The van der Waals surface area contributed by atoms with Gasteiger partial charge in [0.2, 0.25) is 0 Å². The molecule has 4 nitrogen and oxygen atoms in total. The summed E-state index contributed by atoms with van der Waals surface area (Å²) in [7, 11) is 1.79. The SMILES string of the molecule is Cc1nn(C)c(COc2cc(F)cc(CCN)c2)c1Cl. The molecule has 0 fully saturated rings. The van der Waals surface area contributed by atoms with E-state index in [0.29, 0.717) is 23.7 Å². The molecule has 108 valence electrons. The van der Waals surface area contributed by atoms with Crippen LogP contribution in [0.15, 0.2) is 18.2 Å². The summed E-state index contributed by atoms with van der Waals surface area (Å²) in [4.78, 5) is 0. The quantitative estimate of drug-likeness (QED) is 0.923. The lowest BCUT2D eigenvalue weighted by Crippen LogP contribution is -2.05. The molecule has 2 aromatic rings. The van der Waals surface area contributed by atoms with Crippen LogP contribution in [0.3, 0.4) is 0 Å². The van der Waals surface area contributed by atoms with Gasteiger partial charge in [0, 0.05) is 13.1 Å². The zero-order valence-corrected chi connectivity index (χ0v) is 12.2. The summed E-state index contributed by atoms with van der Waals surface area (Å²) in [5, 5.41) is 4.78. The molecule has 0 saturated heterocycles. The Morgan fingerprint density at radius 1 is 1.40 bits per heavy atom. The molecule has 0 saturated carbocycles. The highest BCUT2D eigenvalue weighted by atomic mass is 35.5. The van der Waals surface area contributed by atoms with Crippen molar-refractivity contribution >= 4 is 11.6 Å². The summed E-state index contributed by atoms with van der Waals surface area (Å²) < 4.78 is 20.7. The number of nitrogens with zero attached hydrogens (tertiary/aromatic N) is 2. The van der Waals surface area contributed by atoms with Gasteiger partial charge in [-0.1, -0.05) is 11.6 Å². The fraction of sp³-hybridized carbons (Fsp3) is 0.357. The lowest BCUT2D eigenvalue weighted by Gasteiger charge is -2.09. The van der Waals surface area contributed by atoms with Crippen LogP contribution in [0.2, 0.25) is 5.02 Å². The number of rotatable bonds is 5. The van der Waals surface area contributed by atoms with Gasteiger partial charge in [-0.3, -0.25) is 4.68 Å². The van der Waals surface area contributed by atoms with Crippen LogP contribution in [0.1, 0.15) is 17.0 Å². The van der Waals surface area contributed by atoms with E-state index in [2.05, 4.69) is 5.10 Å². The molecule has 6 heteroatoms. The molecule has 0 radical (unpaired) electrons. The van der Waals surface area contributed by atoms with E-state index >= 15 is 0 Å². The molecule has 0 aliphatic rings.